The third-order valence-electron chi connectivity index (χ3n) is 4.42. The summed E-state index contributed by atoms with van der Waals surface area (Å²) in [6, 6.07) is 0. The van der Waals surface area contributed by atoms with Crippen LogP contribution < -0.4 is 5.73 Å². The predicted octanol–water partition coefficient (Wildman–Crippen LogP) is 2.43. The van der Waals surface area contributed by atoms with Crippen molar-refractivity contribution in [1.82, 2.24) is 0 Å². The van der Waals surface area contributed by atoms with Gasteiger partial charge in [-0.05, 0) is 36.6 Å². The van der Waals surface area contributed by atoms with E-state index in [2.05, 4.69) is 0 Å². The zero-order chi connectivity index (χ0) is 10.9. The fourth-order valence-electron chi connectivity index (χ4n) is 3.72. The van der Waals surface area contributed by atoms with Gasteiger partial charge in [-0.15, -0.1) is 12.4 Å². The molecule has 0 heterocycles. The summed E-state index contributed by atoms with van der Waals surface area (Å²) >= 11 is 0. The van der Waals surface area contributed by atoms with Gasteiger partial charge < -0.3 is 10.8 Å². The van der Waals surface area contributed by atoms with Crippen LogP contribution in [0.25, 0.3) is 0 Å². The molecule has 2 rings (SSSR count). The largest absolute Gasteiger partial charge is 0.481 e. The lowest BCUT2D eigenvalue weighted by Crippen LogP contribution is -2.30. The zero-order valence-corrected chi connectivity index (χ0v) is 10.5. The standard InChI is InChI=1S/C12H21NO2.ClH/c13-8-12(7-11(14)15)5-9-3-1-2-4-10(9)6-12;/h9-10H,1-8,13H2,(H,14,15);1H. The number of hydrogen-bond acceptors (Lipinski definition) is 2. The Morgan fingerprint density at radius 3 is 2.12 bits per heavy atom. The Balaban J connectivity index is 0.00000128. The summed E-state index contributed by atoms with van der Waals surface area (Å²) < 4.78 is 0. The van der Waals surface area contributed by atoms with Crippen molar-refractivity contribution in [3.05, 3.63) is 0 Å². The van der Waals surface area contributed by atoms with E-state index in [-0.39, 0.29) is 24.2 Å². The highest BCUT2D eigenvalue weighted by Gasteiger charge is 2.45. The normalized spacial score (nSPS) is 37.6. The highest BCUT2D eigenvalue weighted by Crippen LogP contribution is 2.52. The first-order valence-corrected chi connectivity index (χ1v) is 6.07. The van der Waals surface area contributed by atoms with Gasteiger partial charge in [0, 0.05) is 0 Å². The Hall–Kier alpha value is -0.280. The molecule has 2 aliphatic carbocycles. The van der Waals surface area contributed by atoms with Crippen LogP contribution in [-0.4, -0.2) is 17.6 Å². The lowest BCUT2D eigenvalue weighted by Gasteiger charge is -2.25. The third kappa shape index (κ3) is 2.69. The van der Waals surface area contributed by atoms with E-state index < -0.39 is 5.97 Å². The van der Waals surface area contributed by atoms with E-state index in [1.165, 1.54) is 25.7 Å². The smallest absolute Gasteiger partial charge is 0.303 e. The van der Waals surface area contributed by atoms with Gasteiger partial charge in [0.1, 0.15) is 0 Å². The second-order valence-corrected chi connectivity index (χ2v) is 5.49. The molecule has 0 aromatic rings. The van der Waals surface area contributed by atoms with Crippen LogP contribution in [0.1, 0.15) is 44.9 Å². The fraction of sp³-hybridized carbons (Fsp3) is 0.917. The summed E-state index contributed by atoms with van der Waals surface area (Å²) in [5.41, 5.74) is 5.73. The molecule has 94 valence electrons. The minimum atomic E-state index is -0.681. The second-order valence-electron chi connectivity index (χ2n) is 5.49. The summed E-state index contributed by atoms with van der Waals surface area (Å²) in [6.45, 7) is 0.548. The second kappa shape index (κ2) is 5.37. The third-order valence-corrected chi connectivity index (χ3v) is 4.42. The van der Waals surface area contributed by atoms with Crippen LogP contribution in [0, 0.1) is 17.3 Å². The highest BCUT2D eigenvalue weighted by molar-refractivity contribution is 5.85. The van der Waals surface area contributed by atoms with Crippen LogP contribution >= 0.6 is 12.4 Å². The van der Waals surface area contributed by atoms with Gasteiger partial charge in [0.25, 0.3) is 0 Å². The zero-order valence-electron chi connectivity index (χ0n) is 9.65. The quantitative estimate of drug-likeness (QED) is 0.805. The Labute approximate surface area is 103 Å². The maximum Gasteiger partial charge on any atom is 0.303 e. The number of nitrogens with two attached hydrogens (primary N) is 1. The van der Waals surface area contributed by atoms with Crippen molar-refractivity contribution in [2.45, 2.75) is 44.9 Å². The molecule has 2 unspecified atom stereocenters. The lowest BCUT2D eigenvalue weighted by molar-refractivity contribution is -0.139. The van der Waals surface area contributed by atoms with Crippen LogP contribution in [0.2, 0.25) is 0 Å². The predicted molar refractivity (Wildman–Crippen MR) is 65.7 cm³/mol. The summed E-state index contributed by atoms with van der Waals surface area (Å²) in [4.78, 5) is 10.9. The Morgan fingerprint density at radius 2 is 1.75 bits per heavy atom. The lowest BCUT2D eigenvalue weighted by atomic mass is 9.81. The number of carbonyl (C=O) groups is 1. The number of halogens is 1. The van der Waals surface area contributed by atoms with Gasteiger partial charge in [0.2, 0.25) is 0 Å². The molecule has 0 spiro atoms. The Kier molecular flexibility index (Phi) is 4.62. The van der Waals surface area contributed by atoms with Gasteiger partial charge in [-0.1, -0.05) is 25.7 Å². The molecular weight excluding hydrogens is 226 g/mol. The molecule has 0 bridgehead atoms. The topological polar surface area (TPSA) is 63.3 Å². The number of fused-ring (bicyclic) bond motifs is 1. The number of carboxylic acids is 1. The van der Waals surface area contributed by atoms with Gasteiger partial charge in [-0.3, -0.25) is 4.79 Å². The van der Waals surface area contributed by atoms with E-state index >= 15 is 0 Å². The molecule has 0 aromatic heterocycles. The van der Waals surface area contributed by atoms with Gasteiger partial charge in [-0.2, -0.15) is 0 Å². The molecule has 2 aliphatic rings. The molecule has 0 saturated heterocycles. The highest BCUT2D eigenvalue weighted by atomic mass is 35.5. The molecule has 0 radical (unpaired) electrons. The molecule has 16 heavy (non-hydrogen) atoms. The van der Waals surface area contributed by atoms with Crippen molar-refractivity contribution in [1.29, 1.82) is 0 Å². The average Bonchev–Trinajstić information content (AvgIpc) is 2.55. The molecule has 0 amide bonds. The molecule has 0 aliphatic heterocycles. The minimum absolute atomic E-state index is 0. The van der Waals surface area contributed by atoms with Crippen molar-refractivity contribution in [2.75, 3.05) is 6.54 Å². The fourth-order valence-corrected chi connectivity index (χ4v) is 3.72. The van der Waals surface area contributed by atoms with Crippen molar-refractivity contribution < 1.29 is 9.90 Å². The van der Waals surface area contributed by atoms with Crippen molar-refractivity contribution in [3.63, 3.8) is 0 Å². The van der Waals surface area contributed by atoms with Gasteiger partial charge >= 0.3 is 5.97 Å². The summed E-state index contributed by atoms with van der Waals surface area (Å²) in [6.07, 6.45) is 7.64. The molecular formula is C12H22ClNO2. The van der Waals surface area contributed by atoms with E-state index in [1.807, 2.05) is 0 Å². The van der Waals surface area contributed by atoms with E-state index in [0.29, 0.717) is 6.54 Å². The monoisotopic (exact) mass is 247 g/mol. The number of aliphatic carboxylic acids is 1. The molecule has 3 nitrogen and oxygen atoms in total. The number of rotatable bonds is 3. The van der Waals surface area contributed by atoms with Gasteiger partial charge in [-0.25, -0.2) is 0 Å². The van der Waals surface area contributed by atoms with Crippen molar-refractivity contribution in [2.24, 2.45) is 23.0 Å². The molecule has 2 saturated carbocycles. The van der Waals surface area contributed by atoms with Gasteiger partial charge in [0.05, 0.1) is 6.42 Å². The first kappa shape index (κ1) is 13.8. The van der Waals surface area contributed by atoms with Crippen LogP contribution in [0.3, 0.4) is 0 Å². The molecule has 2 atom stereocenters. The van der Waals surface area contributed by atoms with Crippen molar-refractivity contribution in [3.8, 4) is 0 Å². The first-order valence-electron chi connectivity index (χ1n) is 6.07. The van der Waals surface area contributed by atoms with E-state index in [4.69, 9.17) is 10.8 Å². The maximum atomic E-state index is 10.9. The van der Waals surface area contributed by atoms with Crippen LogP contribution in [0.5, 0.6) is 0 Å². The van der Waals surface area contributed by atoms with Gasteiger partial charge in [0.15, 0.2) is 0 Å². The van der Waals surface area contributed by atoms with Crippen LogP contribution in [0.4, 0.5) is 0 Å². The number of hydrogen-bond donors (Lipinski definition) is 2. The molecule has 3 N–H and O–H groups in total. The van der Waals surface area contributed by atoms with E-state index in [9.17, 15) is 4.79 Å². The molecule has 2 fully saturated rings. The average molecular weight is 248 g/mol. The summed E-state index contributed by atoms with van der Waals surface area (Å²) in [5.74, 6) is 0.849. The van der Waals surface area contributed by atoms with E-state index in [1.54, 1.807) is 0 Å². The van der Waals surface area contributed by atoms with Crippen molar-refractivity contribution >= 4 is 18.4 Å². The molecule has 0 aromatic carbocycles. The van der Waals surface area contributed by atoms with Crippen LogP contribution in [-0.2, 0) is 4.79 Å². The Bertz CT molecular complexity index is 243. The number of carboxylic acid groups (broad SMARTS) is 1. The summed E-state index contributed by atoms with van der Waals surface area (Å²) in [5, 5.41) is 8.95. The minimum Gasteiger partial charge on any atom is -0.481 e. The Morgan fingerprint density at radius 1 is 1.25 bits per heavy atom. The summed E-state index contributed by atoms with van der Waals surface area (Å²) in [7, 11) is 0. The van der Waals surface area contributed by atoms with Crippen LogP contribution in [0.15, 0.2) is 0 Å². The molecule has 4 heteroatoms. The first-order chi connectivity index (χ1) is 7.15. The SMILES string of the molecule is Cl.NCC1(CC(=O)O)CC2CCCCC2C1. The van der Waals surface area contributed by atoms with E-state index in [0.717, 1.165) is 24.7 Å². The maximum absolute atomic E-state index is 10.9.